The number of nitrogens with two attached hydrogens (primary N) is 2. The van der Waals surface area contributed by atoms with Crippen molar-refractivity contribution in [2.24, 2.45) is 0 Å². The molecule has 9 rings (SSSR count). The number of aryl methyl sites for hydroxylation is 3. The van der Waals surface area contributed by atoms with Crippen LogP contribution in [0.1, 0.15) is 98.4 Å². The van der Waals surface area contributed by atoms with Gasteiger partial charge in [-0.1, -0.05) is 60.7 Å². The molecule has 0 aliphatic rings. The lowest BCUT2D eigenvalue weighted by Gasteiger charge is -2.38. The highest BCUT2D eigenvalue weighted by molar-refractivity contribution is 6.09. The lowest BCUT2D eigenvalue weighted by atomic mass is 9.72. The van der Waals surface area contributed by atoms with E-state index in [4.69, 9.17) is 16.2 Å². The van der Waals surface area contributed by atoms with E-state index >= 15 is 0 Å². The summed E-state index contributed by atoms with van der Waals surface area (Å²) < 4.78 is 271. The topological polar surface area (TPSA) is 238 Å². The third-order valence-electron chi connectivity index (χ3n) is 16.9. The predicted octanol–water partition coefficient (Wildman–Crippen LogP) is 18.6. The summed E-state index contributed by atoms with van der Waals surface area (Å²) in [6.45, 7) is 5.54. The smallest absolute Gasteiger partial charge is 0.411 e. The molecule has 0 bridgehead atoms. The van der Waals surface area contributed by atoms with E-state index < -0.39 is 156 Å². The van der Waals surface area contributed by atoms with Gasteiger partial charge in [-0.3, -0.25) is 19.2 Å². The molecule has 0 saturated carbocycles. The number of alkyl halides is 18. The predicted molar refractivity (Wildman–Crippen MR) is 348 cm³/mol. The molecule has 0 saturated heterocycles. The van der Waals surface area contributed by atoms with Crippen LogP contribution in [-0.4, -0.2) is 82.9 Å². The average Bonchev–Trinajstić information content (AvgIpc) is 0.727. The van der Waals surface area contributed by atoms with Crippen LogP contribution < -0.4 is 37.5 Å². The summed E-state index contributed by atoms with van der Waals surface area (Å²) in [7, 11) is 1.29. The van der Waals surface area contributed by atoms with Crippen LogP contribution in [0.15, 0.2) is 182 Å². The minimum atomic E-state index is -6.07. The Balaban J connectivity index is 0.000000279. The fraction of sp³-hybridized carbons (Fsp3) is 0.194. The van der Waals surface area contributed by atoms with Gasteiger partial charge in [0, 0.05) is 46.4 Å². The number of benzene rings is 9. The number of nitrogens with one attached hydrogen (secondary N) is 4. The molecule has 0 unspecified atom stereocenters. The van der Waals surface area contributed by atoms with Crippen molar-refractivity contribution in [3.8, 4) is 28.7 Å². The Labute approximate surface area is 577 Å². The van der Waals surface area contributed by atoms with E-state index in [-0.39, 0.29) is 39.9 Å². The van der Waals surface area contributed by atoms with Crippen molar-refractivity contribution in [1.82, 2.24) is 0 Å². The zero-order valence-electron chi connectivity index (χ0n) is 54.2. The standard InChI is InChI=1S/C41H32F12N4O4.C31H24F6N2O4/c1-20-7-9-25(17-29(20)55-3)37(40(48,49)50,41(51,52)53)27-12-14-33(59)31(19-27)57-35(61)23-6-4-5-22(15-23)34(60)56-30-18-26(10-8-21(30)2)36(38(42,43)44,39(45,46)47)24-11-13-32(58)28(54)16-24;1-17-3-8-21(15-25(17)38)29(30(32,33)34,31(35,36)37)22-9-14-27(41)26(16-22)39-28(42)20-6-12-24(13-7-20)43-23-10-4-19(5-11-23)18(2)40/h4-19,55,58-59H,54H2,1-3H3,(H,56,60)(H,57,61);3-16,41H,38H2,1-2H3,(H,39,42). The Morgan fingerprint density at radius 3 is 0.990 bits per heavy atom. The van der Waals surface area contributed by atoms with Crippen LogP contribution >= 0.6 is 0 Å². The fourth-order valence-corrected chi connectivity index (χ4v) is 11.4. The van der Waals surface area contributed by atoms with Gasteiger partial charge in [0.05, 0.1) is 17.1 Å². The monoisotopic (exact) mass is 1470 g/mol. The van der Waals surface area contributed by atoms with Crippen LogP contribution in [0.5, 0.6) is 28.7 Å². The van der Waals surface area contributed by atoms with Crippen molar-refractivity contribution in [1.29, 1.82) is 0 Å². The van der Waals surface area contributed by atoms with Gasteiger partial charge >= 0.3 is 37.1 Å². The van der Waals surface area contributed by atoms with Crippen LogP contribution in [0.2, 0.25) is 0 Å². The Hall–Kier alpha value is -11.6. The Kier molecular flexibility index (Phi) is 21.5. The van der Waals surface area contributed by atoms with Crippen LogP contribution in [0, 0.1) is 20.8 Å². The summed E-state index contributed by atoms with van der Waals surface area (Å²) >= 11 is 0. The molecular weight excluding hydrogens is 1420 g/mol. The number of halogens is 18. The number of ketones is 1. The van der Waals surface area contributed by atoms with E-state index in [2.05, 4.69) is 16.0 Å². The summed E-state index contributed by atoms with van der Waals surface area (Å²) in [4.78, 5) is 51.1. The van der Waals surface area contributed by atoms with E-state index in [9.17, 15) is 114 Å². The lowest BCUT2D eigenvalue weighted by molar-refractivity contribution is -0.290. The first-order valence-electron chi connectivity index (χ1n) is 30.0. The molecule has 32 heteroatoms. The molecule has 0 aliphatic carbocycles. The molecule has 104 heavy (non-hydrogen) atoms. The Morgan fingerprint density at radius 2 is 0.635 bits per heavy atom. The molecule has 548 valence electrons. The molecule has 0 spiro atoms. The second-order valence-corrected chi connectivity index (χ2v) is 23.5. The van der Waals surface area contributed by atoms with Crippen molar-refractivity contribution in [2.45, 2.75) is 81.0 Å². The molecule has 0 aliphatic heterocycles. The first-order chi connectivity index (χ1) is 48.1. The van der Waals surface area contributed by atoms with Gasteiger partial charge in [-0.2, -0.15) is 79.0 Å². The largest absolute Gasteiger partial charge is 0.506 e. The van der Waals surface area contributed by atoms with E-state index in [0.29, 0.717) is 108 Å². The van der Waals surface area contributed by atoms with Gasteiger partial charge in [0.2, 0.25) is 16.2 Å². The Morgan fingerprint density at radius 1 is 0.337 bits per heavy atom. The van der Waals surface area contributed by atoms with E-state index in [0.717, 1.165) is 42.5 Å². The van der Waals surface area contributed by atoms with Crippen molar-refractivity contribution in [3.63, 3.8) is 0 Å². The normalized spacial score (nSPS) is 12.5. The minimum absolute atomic E-state index is 0.0218. The highest BCUT2D eigenvalue weighted by Crippen LogP contribution is 2.61. The number of amides is 3. The number of carbonyl (C=O) groups is 4. The number of nitrogen functional groups attached to an aromatic ring is 2. The van der Waals surface area contributed by atoms with E-state index in [1.807, 2.05) is 5.32 Å². The molecule has 0 aromatic heterocycles. The molecule has 3 amide bonds. The molecular formula is C72H56F18N6O8. The van der Waals surface area contributed by atoms with Crippen molar-refractivity contribution < 1.29 is 118 Å². The molecule has 9 aromatic carbocycles. The molecule has 0 fully saturated rings. The second-order valence-electron chi connectivity index (χ2n) is 23.5. The number of hydrogen-bond acceptors (Lipinski definition) is 11. The van der Waals surface area contributed by atoms with Crippen LogP contribution in [0.4, 0.5) is 113 Å². The summed E-state index contributed by atoms with van der Waals surface area (Å²) in [5.74, 6) is -5.30. The lowest BCUT2D eigenvalue weighted by Crippen LogP contribution is -2.54. The Bertz CT molecular complexity index is 4700. The number of rotatable bonds is 16. The van der Waals surface area contributed by atoms with Gasteiger partial charge in [0.25, 0.3) is 17.7 Å². The van der Waals surface area contributed by atoms with Crippen LogP contribution in [-0.2, 0) is 16.2 Å². The van der Waals surface area contributed by atoms with Crippen molar-refractivity contribution in [2.75, 3.05) is 39.8 Å². The number of Topliss-reactive ketones (excluding diaryl/α,β-unsaturated/α-hetero) is 1. The van der Waals surface area contributed by atoms with E-state index in [1.165, 1.54) is 59.0 Å². The van der Waals surface area contributed by atoms with Gasteiger partial charge < -0.3 is 52.8 Å². The SMILES string of the molecule is CC(=O)c1ccc(Oc2ccc(C(=O)Nc3cc(C(c4ccc(C)c(N)c4)(C(F)(F)F)C(F)(F)F)ccc3O)cc2)cc1.CNc1cc(C(c2ccc(O)c(NC(=O)c3cccc(C(=O)Nc4cc(C(c5ccc(O)c(N)c5)(C(F)(F)F)C(F)(F)F)ccc4C)c3)c2)(C(F)(F)F)C(F)(F)F)ccc1C. The van der Waals surface area contributed by atoms with Gasteiger partial charge in [-0.15, -0.1) is 0 Å². The summed E-state index contributed by atoms with van der Waals surface area (Å²) in [6.07, 6.45) is -36.0. The minimum Gasteiger partial charge on any atom is -0.506 e. The summed E-state index contributed by atoms with van der Waals surface area (Å²) in [5.41, 5.74) is -13.9. The first kappa shape index (κ1) is 78.1. The third kappa shape index (κ3) is 14.9. The van der Waals surface area contributed by atoms with Gasteiger partial charge in [0.1, 0.15) is 28.7 Å². The number of phenolic OH excluding ortho intramolecular Hbond substituents is 3. The number of hydrogen-bond donors (Lipinski definition) is 9. The number of phenols is 3. The molecule has 0 heterocycles. The maximum absolute atomic E-state index is 14.9. The van der Waals surface area contributed by atoms with Gasteiger partial charge in [-0.25, -0.2) is 0 Å². The molecule has 0 atom stereocenters. The summed E-state index contributed by atoms with van der Waals surface area (Å²) in [6, 6.07) is 26.3. The van der Waals surface area contributed by atoms with Crippen molar-refractivity contribution in [3.05, 3.63) is 254 Å². The molecule has 0 radical (unpaired) electrons. The van der Waals surface area contributed by atoms with Crippen LogP contribution in [0.3, 0.4) is 0 Å². The fourth-order valence-electron chi connectivity index (χ4n) is 11.4. The maximum Gasteiger partial charge on any atom is 0.411 e. The molecule has 14 nitrogen and oxygen atoms in total. The zero-order chi connectivity index (χ0) is 77.4. The third-order valence-corrected chi connectivity index (χ3v) is 16.9. The maximum atomic E-state index is 14.9. The van der Waals surface area contributed by atoms with Gasteiger partial charge in [-0.05, 0) is 199 Å². The molecule has 11 N–H and O–H groups in total. The molecule has 9 aromatic rings. The van der Waals surface area contributed by atoms with E-state index in [1.54, 1.807) is 24.3 Å². The average molecular weight is 1480 g/mol. The number of ether oxygens (including phenoxy) is 1. The highest BCUT2D eigenvalue weighted by Gasteiger charge is 2.75. The summed E-state index contributed by atoms with van der Waals surface area (Å²) in [5, 5.41) is 39.4. The highest BCUT2D eigenvalue weighted by atomic mass is 19.4. The number of aromatic hydroxyl groups is 3. The second kappa shape index (κ2) is 28.7. The van der Waals surface area contributed by atoms with Crippen LogP contribution in [0.25, 0.3) is 0 Å². The zero-order valence-corrected chi connectivity index (χ0v) is 54.2. The number of carbonyl (C=O) groups excluding carboxylic acids is 4. The number of anilines is 6. The van der Waals surface area contributed by atoms with Gasteiger partial charge in [0.15, 0.2) is 5.78 Å². The first-order valence-corrected chi connectivity index (χ1v) is 30.0. The quantitative estimate of drug-likeness (QED) is 0.0191. The van der Waals surface area contributed by atoms with Crippen molar-refractivity contribution >= 4 is 57.6 Å².